The summed E-state index contributed by atoms with van der Waals surface area (Å²) in [7, 11) is 1.60. The number of methoxy groups -OCH3 is 1. The van der Waals surface area contributed by atoms with Gasteiger partial charge in [0.05, 0.1) is 7.11 Å². The number of thiazole rings is 1. The van der Waals surface area contributed by atoms with Crippen LogP contribution >= 0.6 is 11.3 Å². The van der Waals surface area contributed by atoms with Crippen molar-refractivity contribution >= 4 is 29.2 Å². The van der Waals surface area contributed by atoms with Crippen molar-refractivity contribution in [3.8, 4) is 16.3 Å². The second-order valence-corrected chi connectivity index (χ2v) is 5.67. The summed E-state index contributed by atoms with van der Waals surface area (Å²) in [4.78, 5) is 27.7. The highest BCUT2D eigenvalue weighted by Crippen LogP contribution is 2.26. The standard InChI is InChI=1S/C15H14N6O3S/c1-23-9-4-2-8(3-5-9)12-18-10(7-25-12)13(22)24-6-11-19-14(16)21-15(17)20-11/h2-5,7H,6H2,1H3,(H4,16,17,19,20,21). The number of nitrogens with zero attached hydrogens (tertiary/aromatic N) is 4. The lowest BCUT2D eigenvalue weighted by Gasteiger charge is -2.03. The van der Waals surface area contributed by atoms with E-state index < -0.39 is 5.97 Å². The number of anilines is 2. The lowest BCUT2D eigenvalue weighted by atomic mass is 10.2. The van der Waals surface area contributed by atoms with Crippen LogP contribution < -0.4 is 16.2 Å². The fourth-order valence-corrected chi connectivity index (χ4v) is 2.75. The molecule has 2 heterocycles. The van der Waals surface area contributed by atoms with Gasteiger partial charge in [0.2, 0.25) is 11.9 Å². The maximum absolute atomic E-state index is 12.1. The number of nitrogen functional groups attached to an aromatic ring is 2. The lowest BCUT2D eigenvalue weighted by Crippen LogP contribution is -2.11. The van der Waals surface area contributed by atoms with Crippen LogP contribution in [0.2, 0.25) is 0 Å². The average molecular weight is 358 g/mol. The summed E-state index contributed by atoms with van der Waals surface area (Å²) in [6.07, 6.45) is 0. The molecule has 128 valence electrons. The molecule has 2 aromatic heterocycles. The Morgan fingerprint density at radius 3 is 2.40 bits per heavy atom. The molecule has 0 fully saturated rings. The highest BCUT2D eigenvalue weighted by molar-refractivity contribution is 7.13. The number of benzene rings is 1. The molecule has 0 aliphatic rings. The zero-order chi connectivity index (χ0) is 17.8. The molecule has 0 spiro atoms. The van der Waals surface area contributed by atoms with Crippen molar-refractivity contribution in [2.45, 2.75) is 6.61 Å². The molecular formula is C15H14N6O3S. The topological polar surface area (TPSA) is 139 Å². The largest absolute Gasteiger partial charge is 0.497 e. The smallest absolute Gasteiger partial charge is 0.358 e. The maximum atomic E-state index is 12.1. The molecule has 0 amide bonds. The van der Waals surface area contributed by atoms with Crippen molar-refractivity contribution in [1.29, 1.82) is 0 Å². The first-order chi connectivity index (χ1) is 12.0. The van der Waals surface area contributed by atoms with Gasteiger partial charge >= 0.3 is 5.97 Å². The van der Waals surface area contributed by atoms with Crippen LogP contribution in [0.3, 0.4) is 0 Å². The Balaban J connectivity index is 1.67. The summed E-state index contributed by atoms with van der Waals surface area (Å²) in [6.45, 7) is -0.175. The summed E-state index contributed by atoms with van der Waals surface area (Å²) < 4.78 is 10.2. The van der Waals surface area contributed by atoms with E-state index in [4.69, 9.17) is 20.9 Å². The van der Waals surface area contributed by atoms with Crippen LogP contribution in [0.15, 0.2) is 29.6 Å². The summed E-state index contributed by atoms with van der Waals surface area (Å²) >= 11 is 1.34. The predicted molar refractivity (Wildman–Crippen MR) is 91.9 cm³/mol. The first-order valence-corrected chi connectivity index (χ1v) is 7.96. The van der Waals surface area contributed by atoms with Crippen molar-refractivity contribution in [3.05, 3.63) is 41.2 Å². The van der Waals surface area contributed by atoms with Gasteiger partial charge in [0, 0.05) is 10.9 Å². The molecule has 10 heteroatoms. The Labute approximate surface area is 146 Å². The summed E-state index contributed by atoms with van der Waals surface area (Å²) in [5.41, 5.74) is 12.0. The number of aromatic nitrogens is 4. The Bertz CT molecular complexity index is 876. The normalized spacial score (nSPS) is 10.4. The van der Waals surface area contributed by atoms with Gasteiger partial charge in [-0.1, -0.05) is 0 Å². The third-order valence-corrected chi connectivity index (χ3v) is 3.99. The van der Waals surface area contributed by atoms with E-state index in [2.05, 4.69) is 19.9 Å². The molecule has 0 aliphatic carbocycles. The number of rotatable bonds is 5. The number of hydrogen-bond donors (Lipinski definition) is 2. The van der Waals surface area contributed by atoms with Crippen molar-refractivity contribution < 1.29 is 14.3 Å². The van der Waals surface area contributed by atoms with Crippen LogP contribution in [0, 0.1) is 0 Å². The van der Waals surface area contributed by atoms with Crippen LogP contribution in [-0.4, -0.2) is 33.0 Å². The van der Waals surface area contributed by atoms with Crippen molar-refractivity contribution in [1.82, 2.24) is 19.9 Å². The number of ether oxygens (including phenoxy) is 2. The van der Waals surface area contributed by atoms with Gasteiger partial charge in [0.15, 0.2) is 18.1 Å². The monoisotopic (exact) mass is 358 g/mol. The molecule has 0 unspecified atom stereocenters. The molecule has 25 heavy (non-hydrogen) atoms. The van der Waals surface area contributed by atoms with Gasteiger partial charge in [-0.2, -0.15) is 15.0 Å². The van der Waals surface area contributed by atoms with E-state index in [-0.39, 0.29) is 30.0 Å². The van der Waals surface area contributed by atoms with E-state index >= 15 is 0 Å². The third kappa shape index (κ3) is 3.98. The summed E-state index contributed by atoms with van der Waals surface area (Å²) in [5.74, 6) is 0.261. The van der Waals surface area contributed by atoms with Crippen LogP contribution in [0.25, 0.3) is 10.6 Å². The first-order valence-electron chi connectivity index (χ1n) is 7.08. The summed E-state index contributed by atoms with van der Waals surface area (Å²) in [5, 5.41) is 2.32. The van der Waals surface area contributed by atoms with Crippen LogP contribution in [-0.2, 0) is 11.3 Å². The number of nitrogens with two attached hydrogens (primary N) is 2. The number of carbonyl (C=O) groups is 1. The molecule has 3 rings (SSSR count). The summed E-state index contributed by atoms with van der Waals surface area (Å²) in [6, 6.07) is 7.38. The van der Waals surface area contributed by atoms with Gasteiger partial charge in [0.1, 0.15) is 10.8 Å². The molecule has 0 saturated heterocycles. The van der Waals surface area contributed by atoms with Gasteiger partial charge in [-0.05, 0) is 24.3 Å². The Kier molecular flexibility index (Phi) is 4.70. The van der Waals surface area contributed by atoms with Gasteiger partial charge in [-0.25, -0.2) is 9.78 Å². The van der Waals surface area contributed by atoms with Crippen LogP contribution in [0.5, 0.6) is 5.75 Å². The molecular weight excluding hydrogens is 344 g/mol. The molecule has 9 nitrogen and oxygen atoms in total. The highest BCUT2D eigenvalue weighted by Gasteiger charge is 2.14. The number of esters is 1. The molecule has 3 aromatic rings. The molecule has 0 saturated carbocycles. The third-order valence-electron chi connectivity index (χ3n) is 3.10. The van der Waals surface area contributed by atoms with Crippen LogP contribution in [0.4, 0.5) is 11.9 Å². The fraction of sp³-hybridized carbons (Fsp3) is 0.133. The van der Waals surface area contributed by atoms with Gasteiger partial charge < -0.3 is 20.9 Å². The number of carbonyl (C=O) groups excluding carboxylic acids is 1. The second kappa shape index (κ2) is 7.09. The van der Waals surface area contributed by atoms with Crippen molar-refractivity contribution in [2.24, 2.45) is 0 Å². The van der Waals surface area contributed by atoms with E-state index in [9.17, 15) is 4.79 Å². The lowest BCUT2D eigenvalue weighted by molar-refractivity contribution is 0.0456. The van der Waals surface area contributed by atoms with Crippen molar-refractivity contribution in [2.75, 3.05) is 18.6 Å². The SMILES string of the molecule is COc1ccc(-c2nc(C(=O)OCc3nc(N)nc(N)n3)cs2)cc1. The van der Waals surface area contributed by atoms with E-state index in [0.717, 1.165) is 11.3 Å². The quantitative estimate of drug-likeness (QED) is 0.650. The van der Waals surface area contributed by atoms with E-state index in [1.54, 1.807) is 12.5 Å². The van der Waals surface area contributed by atoms with Gasteiger partial charge in [0.25, 0.3) is 0 Å². The molecule has 4 N–H and O–H groups in total. The Morgan fingerprint density at radius 2 is 1.76 bits per heavy atom. The molecule has 1 aromatic carbocycles. The molecule has 0 bridgehead atoms. The second-order valence-electron chi connectivity index (χ2n) is 4.81. The molecule has 0 aliphatic heterocycles. The minimum Gasteiger partial charge on any atom is -0.497 e. The Hall–Kier alpha value is -3.27. The molecule has 0 atom stereocenters. The zero-order valence-electron chi connectivity index (χ0n) is 13.2. The fourth-order valence-electron chi connectivity index (χ4n) is 1.96. The minimum absolute atomic E-state index is 0.0333. The van der Waals surface area contributed by atoms with E-state index in [0.29, 0.717) is 5.01 Å². The van der Waals surface area contributed by atoms with E-state index in [1.807, 2.05) is 24.3 Å². The highest BCUT2D eigenvalue weighted by atomic mass is 32.1. The molecule has 0 radical (unpaired) electrons. The average Bonchev–Trinajstić information content (AvgIpc) is 3.09. The predicted octanol–water partition coefficient (Wildman–Crippen LogP) is 1.53. The van der Waals surface area contributed by atoms with Gasteiger partial charge in [-0.15, -0.1) is 11.3 Å². The minimum atomic E-state index is -0.589. The van der Waals surface area contributed by atoms with E-state index in [1.165, 1.54) is 11.3 Å². The zero-order valence-corrected chi connectivity index (χ0v) is 14.0. The van der Waals surface area contributed by atoms with Crippen molar-refractivity contribution in [3.63, 3.8) is 0 Å². The first kappa shape index (κ1) is 16.6. The Morgan fingerprint density at radius 1 is 1.08 bits per heavy atom. The number of hydrogen-bond acceptors (Lipinski definition) is 10. The maximum Gasteiger partial charge on any atom is 0.358 e. The van der Waals surface area contributed by atoms with Gasteiger partial charge in [-0.3, -0.25) is 0 Å². The van der Waals surface area contributed by atoms with Crippen LogP contribution in [0.1, 0.15) is 16.3 Å².